The van der Waals surface area contributed by atoms with Gasteiger partial charge in [0.25, 0.3) is 0 Å². The number of hydrogen-bond donors (Lipinski definition) is 2. The Labute approximate surface area is 190 Å². The molecule has 0 saturated heterocycles. The average molecular weight is 441 g/mol. The van der Waals surface area contributed by atoms with E-state index >= 15 is 0 Å². The van der Waals surface area contributed by atoms with Gasteiger partial charge < -0.3 is 10.4 Å². The minimum Gasteiger partial charge on any atom is -0.390 e. The van der Waals surface area contributed by atoms with Crippen molar-refractivity contribution in [1.82, 2.24) is 29.6 Å². The van der Waals surface area contributed by atoms with Crippen LogP contribution in [-0.2, 0) is 7.05 Å². The first-order valence-electron chi connectivity index (χ1n) is 11.2. The van der Waals surface area contributed by atoms with Crippen LogP contribution in [0.5, 0.6) is 0 Å². The Kier molecular flexibility index (Phi) is 4.29. The molecular weight excluding hydrogens is 416 g/mol. The second-order valence-corrected chi connectivity index (χ2v) is 9.43. The Balaban J connectivity index is 1.44. The Morgan fingerprint density at radius 3 is 2.55 bits per heavy atom. The second-order valence-electron chi connectivity index (χ2n) is 9.43. The Morgan fingerprint density at radius 2 is 1.85 bits per heavy atom. The van der Waals surface area contributed by atoms with Crippen molar-refractivity contribution >= 4 is 11.2 Å². The van der Waals surface area contributed by atoms with Crippen LogP contribution in [0.15, 0.2) is 42.9 Å². The van der Waals surface area contributed by atoms with Crippen molar-refractivity contribution in [3.63, 3.8) is 0 Å². The first kappa shape index (κ1) is 19.9. The predicted octanol–water partition coefficient (Wildman–Crippen LogP) is 3.31. The topological polar surface area (TPSA) is 117 Å². The fourth-order valence-electron chi connectivity index (χ4n) is 5.27. The highest BCUT2D eigenvalue weighted by Gasteiger charge is 2.47. The fourth-order valence-corrected chi connectivity index (χ4v) is 5.27. The van der Waals surface area contributed by atoms with E-state index in [1.807, 2.05) is 37.6 Å². The molecule has 3 fully saturated rings. The minimum atomic E-state index is -0.487. The average Bonchev–Trinajstić information content (AvgIpc) is 3.46. The summed E-state index contributed by atoms with van der Waals surface area (Å²) in [4.78, 5) is 4.74. The zero-order valence-electron chi connectivity index (χ0n) is 18.4. The summed E-state index contributed by atoms with van der Waals surface area (Å²) in [6, 6.07) is 9.91. The lowest BCUT2D eigenvalue weighted by Gasteiger charge is -2.51. The molecule has 4 aromatic rings. The van der Waals surface area contributed by atoms with Crippen molar-refractivity contribution in [2.45, 2.75) is 49.7 Å². The maximum Gasteiger partial charge on any atom is 0.116 e. The van der Waals surface area contributed by atoms with Gasteiger partial charge in [0.1, 0.15) is 11.8 Å². The molecule has 9 nitrogen and oxygen atoms in total. The molecule has 0 radical (unpaired) electrons. The Bertz CT molecular complexity index is 1390. The quantitative estimate of drug-likeness (QED) is 0.500. The summed E-state index contributed by atoms with van der Waals surface area (Å²) in [6.07, 6.45) is 10.6. The molecule has 4 heterocycles. The van der Waals surface area contributed by atoms with Crippen molar-refractivity contribution in [1.29, 1.82) is 5.26 Å². The summed E-state index contributed by atoms with van der Waals surface area (Å²) in [5, 5.41) is 36.5. The van der Waals surface area contributed by atoms with Gasteiger partial charge in [0.2, 0.25) is 0 Å². The first-order valence-corrected chi connectivity index (χ1v) is 11.2. The van der Waals surface area contributed by atoms with Gasteiger partial charge in [-0.15, -0.1) is 5.10 Å². The van der Waals surface area contributed by atoms with E-state index in [1.165, 1.54) is 0 Å². The molecular formula is C24H24N8O. The molecule has 2 N–H and O–H groups in total. The van der Waals surface area contributed by atoms with E-state index in [-0.39, 0.29) is 5.54 Å². The van der Waals surface area contributed by atoms with Crippen LogP contribution in [0.3, 0.4) is 0 Å². The number of hydrogen-bond acceptors (Lipinski definition) is 7. The molecule has 0 aromatic carbocycles. The zero-order chi connectivity index (χ0) is 22.6. The SMILES string of the molecule is Cn1cc(-c2cnc(-c3ccc4cc(C#N)cnn34)cc2NC23CCC(O)(CC2)CC3)nn1. The van der Waals surface area contributed by atoms with E-state index in [1.54, 1.807) is 15.4 Å². The van der Waals surface area contributed by atoms with Crippen LogP contribution < -0.4 is 5.32 Å². The molecule has 0 atom stereocenters. The van der Waals surface area contributed by atoms with Crippen LogP contribution in [-0.4, -0.2) is 45.8 Å². The summed E-state index contributed by atoms with van der Waals surface area (Å²) >= 11 is 0. The molecule has 0 aliphatic heterocycles. The van der Waals surface area contributed by atoms with Gasteiger partial charge in [-0.3, -0.25) is 9.67 Å². The molecule has 3 aliphatic carbocycles. The largest absolute Gasteiger partial charge is 0.390 e. The van der Waals surface area contributed by atoms with Crippen molar-refractivity contribution in [3.05, 3.63) is 48.4 Å². The van der Waals surface area contributed by atoms with Gasteiger partial charge in [-0.2, -0.15) is 10.4 Å². The maximum atomic E-state index is 10.7. The lowest BCUT2D eigenvalue weighted by molar-refractivity contribution is -0.0579. The molecule has 0 spiro atoms. The van der Waals surface area contributed by atoms with E-state index in [0.29, 0.717) is 5.56 Å². The number of fused-ring (bicyclic) bond motifs is 4. The van der Waals surface area contributed by atoms with E-state index in [9.17, 15) is 10.4 Å². The van der Waals surface area contributed by atoms with Gasteiger partial charge >= 0.3 is 0 Å². The summed E-state index contributed by atoms with van der Waals surface area (Å²) in [7, 11) is 1.85. The molecule has 3 aliphatic rings. The molecule has 0 amide bonds. The molecule has 3 saturated carbocycles. The number of nitrogens with zero attached hydrogens (tertiary/aromatic N) is 7. The fraction of sp³-hybridized carbons (Fsp3) is 0.375. The predicted molar refractivity (Wildman–Crippen MR) is 122 cm³/mol. The number of pyridine rings is 1. The Morgan fingerprint density at radius 1 is 1.06 bits per heavy atom. The van der Waals surface area contributed by atoms with Crippen LogP contribution >= 0.6 is 0 Å². The van der Waals surface area contributed by atoms with Gasteiger partial charge in [-0.1, -0.05) is 5.21 Å². The molecule has 7 rings (SSSR count). The van der Waals surface area contributed by atoms with Gasteiger partial charge in [-0.25, -0.2) is 4.52 Å². The molecule has 4 aromatic heterocycles. The number of aryl methyl sites for hydroxylation is 1. The number of anilines is 1. The van der Waals surface area contributed by atoms with Crippen LogP contribution in [0.2, 0.25) is 0 Å². The monoisotopic (exact) mass is 440 g/mol. The molecule has 33 heavy (non-hydrogen) atoms. The van der Waals surface area contributed by atoms with E-state index in [0.717, 1.165) is 72.4 Å². The van der Waals surface area contributed by atoms with Crippen LogP contribution in [0.25, 0.3) is 28.2 Å². The third kappa shape index (κ3) is 3.34. The van der Waals surface area contributed by atoms with E-state index in [2.05, 4.69) is 32.9 Å². The summed E-state index contributed by atoms with van der Waals surface area (Å²) < 4.78 is 3.48. The zero-order valence-corrected chi connectivity index (χ0v) is 18.4. The minimum absolute atomic E-state index is 0.0404. The highest BCUT2D eigenvalue weighted by atomic mass is 16.3. The van der Waals surface area contributed by atoms with Crippen LogP contribution in [0.1, 0.15) is 44.1 Å². The summed E-state index contributed by atoms with van der Waals surface area (Å²) in [5.41, 5.74) is 5.08. The molecule has 0 unspecified atom stereocenters. The second kappa shape index (κ2) is 7.12. The van der Waals surface area contributed by atoms with Crippen molar-refractivity contribution in [2.75, 3.05) is 5.32 Å². The Hall–Kier alpha value is -3.77. The van der Waals surface area contributed by atoms with Crippen LogP contribution in [0, 0.1) is 11.3 Å². The highest BCUT2D eigenvalue weighted by molar-refractivity contribution is 5.79. The van der Waals surface area contributed by atoms with Crippen molar-refractivity contribution < 1.29 is 5.11 Å². The number of aromatic nitrogens is 6. The number of nitrogens with one attached hydrogen (secondary N) is 1. The number of rotatable bonds is 4. The lowest BCUT2D eigenvalue weighted by Crippen LogP contribution is -2.53. The van der Waals surface area contributed by atoms with E-state index in [4.69, 9.17) is 4.98 Å². The molecule has 166 valence electrons. The lowest BCUT2D eigenvalue weighted by atomic mass is 9.63. The summed E-state index contributed by atoms with van der Waals surface area (Å²) in [6.45, 7) is 0. The molecule has 2 bridgehead atoms. The van der Waals surface area contributed by atoms with Gasteiger partial charge in [-0.05, 0) is 62.8 Å². The number of nitriles is 1. The standard InChI is InChI=1S/C24H24N8O/c1-31-15-21(29-30-31)18-14-26-20(22-3-2-17-10-16(12-25)13-27-32(17)22)11-19(18)28-23-4-7-24(33,8-5-23)9-6-23/h2-3,10-11,13-15,33H,4-9H2,1H3,(H,26,28). The smallest absolute Gasteiger partial charge is 0.116 e. The van der Waals surface area contributed by atoms with Crippen molar-refractivity contribution in [3.8, 4) is 28.7 Å². The van der Waals surface area contributed by atoms with Gasteiger partial charge in [0, 0.05) is 30.0 Å². The highest BCUT2D eigenvalue weighted by Crippen LogP contribution is 2.49. The van der Waals surface area contributed by atoms with Gasteiger partial charge in [0.15, 0.2) is 0 Å². The van der Waals surface area contributed by atoms with E-state index < -0.39 is 5.60 Å². The number of aliphatic hydroxyl groups is 1. The third-order valence-corrected chi connectivity index (χ3v) is 7.28. The van der Waals surface area contributed by atoms with Crippen molar-refractivity contribution in [2.24, 2.45) is 7.05 Å². The molecule has 9 heteroatoms. The maximum absolute atomic E-state index is 10.7. The third-order valence-electron chi connectivity index (χ3n) is 7.28. The van der Waals surface area contributed by atoms with Crippen LogP contribution in [0.4, 0.5) is 5.69 Å². The summed E-state index contributed by atoms with van der Waals surface area (Å²) in [5.74, 6) is 0. The normalized spacial score (nSPS) is 24.2. The van der Waals surface area contributed by atoms with Gasteiger partial charge in [0.05, 0.1) is 40.5 Å². The first-order chi connectivity index (χ1) is 16.0.